The van der Waals surface area contributed by atoms with Gasteiger partial charge in [-0.3, -0.25) is 0 Å². The predicted molar refractivity (Wildman–Crippen MR) is 55.1 cm³/mol. The maximum Gasteiger partial charge on any atom is 0.436 e. The lowest BCUT2D eigenvalue weighted by atomic mass is 10.1. The summed E-state index contributed by atoms with van der Waals surface area (Å²) in [5.41, 5.74) is -2.97. The number of aliphatic hydroxyl groups is 1. The molecular formula is C8H13F3N2O2S. The number of halogens is 3. The Morgan fingerprint density at radius 2 is 2.31 bits per heavy atom. The molecule has 0 amide bonds. The summed E-state index contributed by atoms with van der Waals surface area (Å²) in [6.45, 7) is 1.90. The van der Waals surface area contributed by atoms with Crippen molar-refractivity contribution in [2.45, 2.75) is 31.5 Å². The zero-order chi connectivity index (χ0) is 12.4. The average Bonchev–Trinajstić information content (AvgIpc) is 2.15. The standard InChI is InChI=1S/C8H13F3N2O2S/c1-3-15-5-4-7(14,8(9,10)11)13-6(12-5)16-2/h5,14H,3-4H2,1-2H3,(H,12,13)/t5-,7+/m0/s1. The quantitative estimate of drug-likeness (QED) is 0.784. The molecule has 94 valence electrons. The molecule has 1 rings (SSSR count). The van der Waals surface area contributed by atoms with Crippen molar-refractivity contribution in [3.05, 3.63) is 0 Å². The van der Waals surface area contributed by atoms with Crippen LogP contribution in [0.4, 0.5) is 13.2 Å². The monoisotopic (exact) mass is 258 g/mol. The Balaban J connectivity index is 2.89. The molecule has 0 fully saturated rings. The second kappa shape index (κ2) is 4.80. The second-order valence-electron chi connectivity index (χ2n) is 3.24. The number of hydrogen-bond donors (Lipinski definition) is 2. The Kier molecular flexibility index (Phi) is 4.08. The number of aliphatic imine (C=N–C) groups is 1. The Bertz CT molecular complexity index is 285. The largest absolute Gasteiger partial charge is 0.436 e. The highest BCUT2D eigenvalue weighted by Gasteiger charge is 2.57. The lowest BCUT2D eigenvalue weighted by molar-refractivity contribution is -0.277. The molecule has 2 atom stereocenters. The fourth-order valence-electron chi connectivity index (χ4n) is 1.27. The van der Waals surface area contributed by atoms with Crippen molar-refractivity contribution in [2.24, 2.45) is 4.99 Å². The van der Waals surface area contributed by atoms with E-state index in [-0.39, 0.29) is 11.8 Å². The molecule has 0 bridgehead atoms. The maximum absolute atomic E-state index is 12.6. The van der Waals surface area contributed by atoms with Gasteiger partial charge in [0.1, 0.15) is 0 Å². The smallest absolute Gasteiger partial charge is 0.363 e. The van der Waals surface area contributed by atoms with Crippen LogP contribution in [0.2, 0.25) is 0 Å². The average molecular weight is 258 g/mol. The Labute approximate surface area is 95.3 Å². The third-order valence-electron chi connectivity index (χ3n) is 2.07. The first kappa shape index (κ1) is 13.6. The molecule has 0 unspecified atom stereocenters. The molecule has 4 nitrogen and oxygen atoms in total. The van der Waals surface area contributed by atoms with Crippen molar-refractivity contribution < 1.29 is 23.0 Å². The van der Waals surface area contributed by atoms with Crippen molar-refractivity contribution in [2.75, 3.05) is 12.9 Å². The van der Waals surface area contributed by atoms with Crippen molar-refractivity contribution in [1.82, 2.24) is 5.32 Å². The van der Waals surface area contributed by atoms with Gasteiger partial charge in [0.25, 0.3) is 0 Å². The van der Waals surface area contributed by atoms with E-state index >= 15 is 0 Å². The summed E-state index contributed by atoms with van der Waals surface area (Å²) in [6, 6.07) is 0. The van der Waals surface area contributed by atoms with Crippen LogP contribution in [0.5, 0.6) is 0 Å². The van der Waals surface area contributed by atoms with Crippen LogP contribution < -0.4 is 5.32 Å². The number of rotatable bonds is 2. The van der Waals surface area contributed by atoms with E-state index in [9.17, 15) is 18.3 Å². The lowest BCUT2D eigenvalue weighted by Gasteiger charge is -2.37. The van der Waals surface area contributed by atoms with Gasteiger partial charge in [-0.15, -0.1) is 0 Å². The minimum Gasteiger partial charge on any atom is -0.363 e. The highest BCUT2D eigenvalue weighted by Crippen LogP contribution is 2.35. The van der Waals surface area contributed by atoms with E-state index in [1.165, 1.54) is 0 Å². The van der Waals surface area contributed by atoms with Gasteiger partial charge >= 0.3 is 6.18 Å². The first-order valence-electron chi connectivity index (χ1n) is 4.63. The second-order valence-corrected chi connectivity index (χ2v) is 4.03. The predicted octanol–water partition coefficient (Wildman–Crippen LogP) is 1.31. The van der Waals surface area contributed by atoms with Crippen LogP contribution >= 0.6 is 11.8 Å². The van der Waals surface area contributed by atoms with E-state index in [1.54, 1.807) is 13.2 Å². The molecule has 1 heterocycles. The molecule has 0 aromatic carbocycles. The van der Waals surface area contributed by atoms with Crippen molar-refractivity contribution in [3.63, 3.8) is 0 Å². The molecule has 0 saturated carbocycles. The summed E-state index contributed by atoms with van der Waals surface area (Å²) >= 11 is 0.993. The number of ether oxygens (including phenoxy) is 1. The molecule has 0 radical (unpaired) electrons. The summed E-state index contributed by atoms with van der Waals surface area (Å²) in [6.07, 6.45) is -4.81. The summed E-state index contributed by atoms with van der Waals surface area (Å²) < 4.78 is 42.9. The van der Waals surface area contributed by atoms with Crippen LogP contribution in [0.15, 0.2) is 4.99 Å². The number of thioether (sulfide) groups is 1. The molecule has 1 aliphatic heterocycles. The molecule has 0 saturated heterocycles. The van der Waals surface area contributed by atoms with E-state index in [2.05, 4.69) is 4.99 Å². The lowest BCUT2D eigenvalue weighted by Crippen LogP contribution is -2.62. The fraction of sp³-hybridized carbons (Fsp3) is 0.875. The van der Waals surface area contributed by atoms with Gasteiger partial charge in [0.2, 0.25) is 5.72 Å². The number of nitrogens with one attached hydrogen (secondary N) is 1. The molecule has 0 aromatic rings. The van der Waals surface area contributed by atoms with E-state index in [4.69, 9.17) is 4.74 Å². The number of hydrogen-bond acceptors (Lipinski definition) is 5. The topological polar surface area (TPSA) is 53.9 Å². The maximum atomic E-state index is 12.6. The molecule has 16 heavy (non-hydrogen) atoms. The minimum atomic E-state index is -4.76. The normalized spacial score (nSPS) is 30.9. The summed E-state index contributed by atoms with van der Waals surface area (Å²) in [5, 5.41) is 11.5. The Hall–Kier alpha value is -0.470. The Morgan fingerprint density at radius 3 is 2.75 bits per heavy atom. The van der Waals surface area contributed by atoms with E-state index in [0.717, 1.165) is 11.8 Å². The summed E-state index contributed by atoms with van der Waals surface area (Å²) in [4.78, 5) is 3.89. The number of nitrogens with zero attached hydrogens (tertiary/aromatic N) is 1. The molecular weight excluding hydrogens is 245 g/mol. The molecule has 2 N–H and O–H groups in total. The van der Waals surface area contributed by atoms with Gasteiger partial charge in [0, 0.05) is 6.61 Å². The molecule has 0 aromatic heterocycles. The van der Waals surface area contributed by atoms with Crippen molar-refractivity contribution in [1.29, 1.82) is 0 Å². The SMILES string of the molecule is CCO[C@H]1C[C@@](O)(C(F)(F)F)NC(SC)=N1. The zero-order valence-corrected chi connectivity index (χ0v) is 9.65. The van der Waals surface area contributed by atoms with Gasteiger partial charge in [-0.05, 0) is 13.2 Å². The van der Waals surface area contributed by atoms with Gasteiger partial charge in [-0.25, -0.2) is 4.99 Å². The number of amidine groups is 1. The highest BCUT2D eigenvalue weighted by atomic mass is 32.2. The minimum absolute atomic E-state index is 0.0181. The van der Waals surface area contributed by atoms with Gasteiger partial charge in [0.05, 0.1) is 6.42 Å². The first-order valence-corrected chi connectivity index (χ1v) is 5.85. The highest BCUT2D eigenvalue weighted by molar-refractivity contribution is 8.13. The van der Waals surface area contributed by atoms with E-state index < -0.39 is 24.6 Å². The first-order chi connectivity index (χ1) is 7.32. The van der Waals surface area contributed by atoms with Crippen LogP contribution in [-0.2, 0) is 4.74 Å². The number of alkyl halides is 3. The molecule has 1 aliphatic rings. The summed E-state index contributed by atoms with van der Waals surface area (Å²) in [7, 11) is 0. The van der Waals surface area contributed by atoms with Gasteiger partial charge in [0.15, 0.2) is 11.4 Å². The zero-order valence-electron chi connectivity index (χ0n) is 8.84. The van der Waals surface area contributed by atoms with Gasteiger partial charge in [-0.1, -0.05) is 11.8 Å². The van der Waals surface area contributed by atoms with Crippen LogP contribution in [0.3, 0.4) is 0 Å². The van der Waals surface area contributed by atoms with Crippen LogP contribution in [-0.4, -0.2) is 41.3 Å². The molecule has 0 aliphatic carbocycles. The van der Waals surface area contributed by atoms with Crippen molar-refractivity contribution in [3.8, 4) is 0 Å². The Morgan fingerprint density at radius 1 is 1.69 bits per heavy atom. The summed E-state index contributed by atoms with van der Waals surface area (Å²) in [5.74, 6) is 0. The van der Waals surface area contributed by atoms with Crippen LogP contribution in [0, 0.1) is 0 Å². The van der Waals surface area contributed by atoms with Crippen molar-refractivity contribution >= 4 is 16.9 Å². The van der Waals surface area contributed by atoms with E-state index in [0.29, 0.717) is 0 Å². The fourth-order valence-corrected chi connectivity index (χ4v) is 1.76. The van der Waals surface area contributed by atoms with Crippen LogP contribution in [0.25, 0.3) is 0 Å². The van der Waals surface area contributed by atoms with Crippen LogP contribution in [0.1, 0.15) is 13.3 Å². The third kappa shape index (κ3) is 2.80. The van der Waals surface area contributed by atoms with Gasteiger partial charge < -0.3 is 15.2 Å². The molecule has 0 spiro atoms. The van der Waals surface area contributed by atoms with E-state index in [1.807, 2.05) is 5.32 Å². The molecule has 8 heteroatoms. The van der Waals surface area contributed by atoms with Gasteiger partial charge in [-0.2, -0.15) is 13.2 Å². The third-order valence-corrected chi connectivity index (χ3v) is 2.66.